The normalized spacial score (nSPS) is 37.6. The van der Waals surface area contributed by atoms with Gasteiger partial charge in [-0.05, 0) is 48.5 Å². The van der Waals surface area contributed by atoms with E-state index in [0.29, 0.717) is 36.3 Å². The fourth-order valence-corrected chi connectivity index (χ4v) is 4.38. The van der Waals surface area contributed by atoms with E-state index in [2.05, 4.69) is 68.5 Å². The first-order chi connectivity index (χ1) is 10.3. The van der Waals surface area contributed by atoms with Gasteiger partial charge in [0.1, 0.15) is 0 Å². The summed E-state index contributed by atoms with van der Waals surface area (Å²) >= 11 is 0. The molecule has 4 nitrogen and oxygen atoms in total. The summed E-state index contributed by atoms with van der Waals surface area (Å²) in [6.45, 7) is 22.5. The van der Waals surface area contributed by atoms with Crippen LogP contribution < -0.4 is 5.32 Å². The summed E-state index contributed by atoms with van der Waals surface area (Å²) in [5.74, 6) is 0. The van der Waals surface area contributed by atoms with Gasteiger partial charge in [0.05, 0.1) is 0 Å². The van der Waals surface area contributed by atoms with Crippen molar-refractivity contribution >= 4 is 0 Å². The average molecular weight is 311 g/mol. The molecule has 0 aromatic carbocycles. The standard InChI is InChI=1S/C18H38N4/c1-13(2)22-12-17(6)21(11-18(22)7)10-16(5)20-8-14(3)19-15(4)9-20/h13-19H,8-12H2,1-7H3. The molecule has 2 aliphatic heterocycles. The molecule has 2 aliphatic rings. The lowest BCUT2D eigenvalue weighted by atomic mass is 10.0. The molecule has 0 radical (unpaired) electrons. The summed E-state index contributed by atoms with van der Waals surface area (Å²) in [5, 5.41) is 3.64. The highest BCUT2D eigenvalue weighted by Gasteiger charge is 2.32. The van der Waals surface area contributed by atoms with Gasteiger partial charge in [-0.25, -0.2) is 0 Å². The first kappa shape index (κ1) is 18.2. The van der Waals surface area contributed by atoms with Crippen LogP contribution in [-0.4, -0.2) is 83.7 Å². The molecule has 0 bridgehead atoms. The van der Waals surface area contributed by atoms with E-state index >= 15 is 0 Å². The van der Waals surface area contributed by atoms with Gasteiger partial charge in [0.2, 0.25) is 0 Å². The number of hydrogen-bond donors (Lipinski definition) is 1. The van der Waals surface area contributed by atoms with E-state index in [4.69, 9.17) is 0 Å². The first-order valence-corrected chi connectivity index (χ1v) is 9.27. The van der Waals surface area contributed by atoms with Crippen molar-refractivity contribution in [2.75, 3.05) is 32.7 Å². The highest BCUT2D eigenvalue weighted by atomic mass is 15.3. The van der Waals surface area contributed by atoms with Crippen molar-refractivity contribution in [3.8, 4) is 0 Å². The summed E-state index contributed by atoms with van der Waals surface area (Å²) in [7, 11) is 0. The van der Waals surface area contributed by atoms with Crippen LogP contribution in [0.25, 0.3) is 0 Å². The van der Waals surface area contributed by atoms with Gasteiger partial charge in [0.25, 0.3) is 0 Å². The minimum Gasteiger partial charge on any atom is -0.309 e. The minimum absolute atomic E-state index is 0.611. The summed E-state index contributed by atoms with van der Waals surface area (Å²) in [6, 6.07) is 3.86. The van der Waals surface area contributed by atoms with Crippen LogP contribution in [0.15, 0.2) is 0 Å². The van der Waals surface area contributed by atoms with Gasteiger partial charge in [0.15, 0.2) is 0 Å². The monoisotopic (exact) mass is 310 g/mol. The van der Waals surface area contributed by atoms with Crippen LogP contribution in [0.3, 0.4) is 0 Å². The number of nitrogens with zero attached hydrogens (tertiary/aromatic N) is 3. The third kappa shape index (κ3) is 4.44. The molecule has 5 unspecified atom stereocenters. The van der Waals surface area contributed by atoms with Crippen LogP contribution in [0.2, 0.25) is 0 Å². The molecule has 1 N–H and O–H groups in total. The van der Waals surface area contributed by atoms with E-state index in [9.17, 15) is 0 Å². The topological polar surface area (TPSA) is 21.8 Å². The molecule has 5 atom stereocenters. The van der Waals surface area contributed by atoms with E-state index in [0.717, 1.165) is 0 Å². The SMILES string of the molecule is CC1CN(C(C)CN2CC(C)N(C(C)C)CC2C)CC(C)N1. The quantitative estimate of drug-likeness (QED) is 0.855. The smallest absolute Gasteiger partial charge is 0.0198 e. The average Bonchev–Trinajstić information content (AvgIpc) is 2.41. The van der Waals surface area contributed by atoms with Crippen molar-refractivity contribution in [2.45, 2.75) is 84.7 Å². The van der Waals surface area contributed by atoms with Crippen LogP contribution in [0.5, 0.6) is 0 Å². The molecule has 0 aromatic heterocycles. The van der Waals surface area contributed by atoms with Crippen LogP contribution in [0, 0.1) is 0 Å². The first-order valence-electron chi connectivity index (χ1n) is 9.27. The second-order valence-corrected chi connectivity index (χ2v) is 8.21. The fourth-order valence-electron chi connectivity index (χ4n) is 4.38. The molecule has 0 aromatic rings. The third-order valence-electron chi connectivity index (χ3n) is 5.53. The maximum atomic E-state index is 3.64. The largest absolute Gasteiger partial charge is 0.309 e. The number of nitrogens with one attached hydrogen (secondary N) is 1. The van der Waals surface area contributed by atoms with Gasteiger partial charge in [0, 0.05) is 69.0 Å². The van der Waals surface area contributed by atoms with Gasteiger partial charge >= 0.3 is 0 Å². The maximum absolute atomic E-state index is 3.64. The molecular weight excluding hydrogens is 272 g/mol. The highest BCUT2D eigenvalue weighted by molar-refractivity contribution is 4.90. The molecule has 4 heteroatoms. The lowest BCUT2D eigenvalue weighted by molar-refractivity contribution is 0.00486. The number of rotatable bonds is 4. The molecule has 0 spiro atoms. The van der Waals surface area contributed by atoms with Crippen LogP contribution in [0.4, 0.5) is 0 Å². The van der Waals surface area contributed by atoms with Crippen molar-refractivity contribution in [1.29, 1.82) is 0 Å². The molecule has 2 rings (SSSR count). The maximum Gasteiger partial charge on any atom is 0.0198 e. The van der Waals surface area contributed by atoms with Gasteiger partial charge in [-0.3, -0.25) is 14.7 Å². The van der Waals surface area contributed by atoms with Crippen molar-refractivity contribution in [1.82, 2.24) is 20.0 Å². The lowest BCUT2D eigenvalue weighted by Gasteiger charge is -2.48. The van der Waals surface area contributed by atoms with E-state index in [1.807, 2.05) is 0 Å². The zero-order chi connectivity index (χ0) is 16.4. The molecular formula is C18H38N4. The molecule has 0 amide bonds. The molecule has 2 heterocycles. The number of hydrogen-bond acceptors (Lipinski definition) is 4. The Morgan fingerprint density at radius 1 is 0.864 bits per heavy atom. The van der Waals surface area contributed by atoms with Crippen molar-refractivity contribution < 1.29 is 0 Å². The van der Waals surface area contributed by atoms with Gasteiger partial charge in [-0.1, -0.05) is 0 Å². The molecule has 0 aliphatic carbocycles. The zero-order valence-electron chi connectivity index (χ0n) is 15.8. The Bertz CT molecular complexity index is 336. The molecule has 0 saturated carbocycles. The highest BCUT2D eigenvalue weighted by Crippen LogP contribution is 2.19. The Balaban J connectivity index is 1.90. The van der Waals surface area contributed by atoms with Gasteiger partial charge < -0.3 is 5.32 Å². The van der Waals surface area contributed by atoms with E-state index in [1.165, 1.54) is 32.7 Å². The Hall–Kier alpha value is -0.160. The Morgan fingerprint density at radius 2 is 1.45 bits per heavy atom. The third-order valence-corrected chi connectivity index (χ3v) is 5.53. The summed E-state index contributed by atoms with van der Waals surface area (Å²) in [4.78, 5) is 8.05. The Kier molecular flexibility index (Phi) is 6.29. The van der Waals surface area contributed by atoms with Crippen molar-refractivity contribution in [3.05, 3.63) is 0 Å². The van der Waals surface area contributed by atoms with E-state index in [-0.39, 0.29) is 0 Å². The second kappa shape index (κ2) is 7.61. The molecule has 2 saturated heterocycles. The van der Waals surface area contributed by atoms with E-state index < -0.39 is 0 Å². The predicted molar refractivity (Wildman–Crippen MR) is 95.4 cm³/mol. The van der Waals surface area contributed by atoms with Crippen molar-refractivity contribution in [2.24, 2.45) is 0 Å². The van der Waals surface area contributed by atoms with Crippen LogP contribution >= 0.6 is 0 Å². The van der Waals surface area contributed by atoms with Crippen molar-refractivity contribution in [3.63, 3.8) is 0 Å². The molecule has 130 valence electrons. The minimum atomic E-state index is 0.611. The Labute approximate surface area is 138 Å². The molecule has 2 fully saturated rings. The van der Waals surface area contributed by atoms with Gasteiger partial charge in [-0.15, -0.1) is 0 Å². The molecule has 22 heavy (non-hydrogen) atoms. The zero-order valence-corrected chi connectivity index (χ0v) is 15.8. The summed E-state index contributed by atoms with van der Waals surface area (Å²) < 4.78 is 0. The lowest BCUT2D eigenvalue weighted by Crippen LogP contribution is -2.62. The van der Waals surface area contributed by atoms with Crippen LogP contribution in [-0.2, 0) is 0 Å². The Morgan fingerprint density at radius 3 is 2.00 bits per heavy atom. The van der Waals surface area contributed by atoms with E-state index in [1.54, 1.807) is 0 Å². The second-order valence-electron chi connectivity index (χ2n) is 8.21. The fraction of sp³-hybridized carbons (Fsp3) is 1.00. The predicted octanol–water partition coefficient (Wildman–Crippen LogP) is 1.86. The summed E-state index contributed by atoms with van der Waals surface area (Å²) in [5.41, 5.74) is 0. The summed E-state index contributed by atoms with van der Waals surface area (Å²) in [6.07, 6.45) is 0. The number of piperazine rings is 2. The van der Waals surface area contributed by atoms with Crippen LogP contribution in [0.1, 0.15) is 48.5 Å². The van der Waals surface area contributed by atoms with Gasteiger partial charge in [-0.2, -0.15) is 0 Å².